The molecule has 0 saturated carbocycles. The highest BCUT2D eigenvalue weighted by Crippen LogP contribution is 2.24. The smallest absolute Gasteiger partial charge is 0.243 e. The minimum atomic E-state index is -0.490. The SMILES string of the molecule is CC(=O)c1ccc(NC(=O)CNC(=O)[C@@H]2CC(=O)N(c3ccccc3)C2)cc1. The van der Waals surface area contributed by atoms with Crippen molar-refractivity contribution < 1.29 is 19.2 Å². The largest absolute Gasteiger partial charge is 0.347 e. The molecule has 0 aromatic heterocycles. The van der Waals surface area contributed by atoms with Gasteiger partial charge in [-0.05, 0) is 43.3 Å². The minimum absolute atomic E-state index is 0.0548. The Kier molecular flexibility index (Phi) is 5.84. The number of carbonyl (C=O) groups excluding carboxylic acids is 4. The summed E-state index contributed by atoms with van der Waals surface area (Å²) in [6.45, 7) is 1.57. The Morgan fingerprint density at radius 2 is 1.71 bits per heavy atom. The molecule has 3 rings (SSSR count). The molecule has 7 heteroatoms. The lowest BCUT2D eigenvalue weighted by molar-refractivity contribution is -0.127. The van der Waals surface area contributed by atoms with E-state index < -0.39 is 5.92 Å². The first kappa shape index (κ1) is 19.3. The van der Waals surface area contributed by atoms with Crippen LogP contribution in [0, 0.1) is 5.92 Å². The summed E-state index contributed by atoms with van der Waals surface area (Å²) >= 11 is 0. The molecule has 0 aliphatic carbocycles. The van der Waals surface area contributed by atoms with E-state index in [1.54, 1.807) is 29.2 Å². The Labute approximate surface area is 162 Å². The van der Waals surface area contributed by atoms with Gasteiger partial charge in [-0.25, -0.2) is 0 Å². The molecule has 3 amide bonds. The molecule has 0 radical (unpaired) electrons. The minimum Gasteiger partial charge on any atom is -0.347 e. The second-order valence-electron chi connectivity index (χ2n) is 6.64. The third-order valence-corrected chi connectivity index (χ3v) is 4.56. The van der Waals surface area contributed by atoms with Gasteiger partial charge in [-0.15, -0.1) is 0 Å². The highest BCUT2D eigenvalue weighted by Gasteiger charge is 2.35. The Morgan fingerprint density at radius 1 is 1.04 bits per heavy atom. The topological polar surface area (TPSA) is 95.6 Å². The van der Waals surface area contributed by atoms with Crippen LogP contribution in [0.3, 0.4) is 0 Å². The van der Waals surface area contributed by atoms with Gasteiger partial charge in [-0.1, -0.05) is 18.2 Å². The van der Waals surface area contributed by atoms with Gasteiger partial charge >= 0.3 is 0 Å². The molecular weight excluding hydrogens is 358 g/mol. The molecule has 0 spiro atoms. The summed E-state index contributed by atoms with van der Waals surface area (Å²) in [6, 6.07) is 15.7. The number of nitrogens with one attached hydrogen (secondary N) is 2. The summed E-state index contributed by atoms with van der Waals surface area (Å²) in [4.78, 5) is 49.4. The normalized spacial score (nSPS) is 16.0. The first-order chi connectivity index (χ1) is 13.4. The van der Waals surface area contributed by atoms with E-state index in [0.717, 1.165) is 5.69 Å². The van der Waals surface area contributed by atoms with Crippen LogP contribution in [0.5, 0.6) is 0 Å². The summed E-state index contributed by atoms with van der Waals surface area (Å²) in [6.07, 6.45) is 0.120. The lowest BCUT2D eigenvalue weighted by atomic mass is 10.1. The van der Waals surface area contributed by atoms with Crippen LogP contribution in [-0.4, -0.2) is 36.6 Å². The van der Waals surface area contributed by atoms with Gasteiger partial charge in [0.25, 0.3) is 0 Å². The van der Waals surface area contributed by atoms with Crippen LogP contribution < -0.4 is 15.5 Å². The number of hydrogen-bond acceptors (Lipinski definition) is 4. The van der Waals surface area contributed by atoms with Crippen molar-refractivity contribution in [1.29, 1.82) is 0 Å². The number of ketones is 1. The standard InChI is InChI=1S/C21H21N3O4/c1-14(25)15-7-9-17(10-8-15)23-19(26)12-22-21(28)16-11-20(27)24(13-16)18-5-3-2-4-6-18/h2-10,16H,11-13H2,1H3,(H,22,28)(H,23,26)/t16-/m1/s1. The Bertz CT molecular complexity index is 894. The first-order valence-electron chi connectivity index (χ1n) is 8.98. The van der Waals surface area contributed by atoms with Crippen molar-refractivity contribution in [2.45, 2.75) is 13.3 Å². The number of carbonyl (C=O) groups is 4. The van der Waals surface area contributed by atoms with Gasteiger partial charge in [0.15, 0.2) is 5.78 Å². The average molecular weight is 379 g/mol. The average Bonchev–Trinajstić information content (AvgIpc) is 3.09. The lowest BCUT2D eigenvalue weighted by Crippen LogP contribution is -2.37. The number of benzene rings is 2. The summed E-state index contributed by atoms with van der Waals surface area (Å²) in [5.74, 6) is -1.36. The van der Waals surface area contributed by atoms with E-state index >= 15 is 0 Å². The maximum atomic E-state index is 12.3. The highest BCUT2D eigenvalue weighted by molar-refractivity contribution is 6.01. The number of para-hydroxylation sites is 1. The summed E-state index contributed by atoms with van der Waals surface area (Å²) in [5, 5.41) is 5.24. The molecule has 144 valence electrons. The van der Waals surface area contributed by atoms with Crippen molar-refractivity contribution in [3.63, 3.8) is 0 Å². The lowest BCUT2D eigenvalue weighted by Gasteiger charge is -2.16. The molecule has 2 aromatic carbocycles. The maximum Gasteiger partial charge on any atom is 0.243 e. The van der Waals surface area contributed by atoms with Gasteiger partial charge in [0.2, 0.25) is 17.7 Å². The van der Waals surface area contributed by atoms with Gasteiger partial charge in [0.05, 0.1) is 12.5 Å². The summed E-state index contributed by atoms with van der Waals surface area (Å²) in [7, 11) is 0. The zero-order chi connectivity index (χ0) is 20.1. The predicted octanol–water partition coefficient (Wildman–Crippen LogP) is 2.00. The van der Waals surface area contributed by atoms with E-state index in [1.165, 1.54) is 6.92 Å². The second kappa shape index (κ2) is 8.47. The molecule has 7 nitrogen and oxygen atoms in total. The molecule has 0 unspecified atom stereocenters. The molecule has 28 heavy (non-hydrogen) atoms. The Hall–Kier alpha value is -3.48. The number of hydrogen-bond donors (Lipinski definition) is 2. The maximum absolute atomic E-state index is 12.3. The fourth-order valence-electron chi connectivity index (χ4n) is 3.05. The molecular formula is C21H21N3O4. The predicted molar refractivity (Wildman–Crippen MR) is 105 cm³/mol. The Balaban J connectivity index is 1.49. The van der Waals surface area contributed by atoms with Gasteiger partial charge in [0.1, 0.15) is 0 Å². The van der Waals surface area contributed by atoms with E-state index in [2.05, 4.69) is 10.6 Å². The molecule has 0 bridgehead atoms. The van der Waals surface area contributed by atoms with Crippen LogP contribution in [0.2, 0.25) is 0 Å². The van der Waals surface area contributed by atoms with Crippen LogP contribution in [0.25, 0.3) is 0 Å². The van der Waals surface area contributed by atoms with Crippen LogP contribution in [0.4, 0.5) is 11.4 Å². The van der Waals surface area contributed by atoms with Crippen molar-refractivity contribution in [1.82, 2.24) is 5.32 Å². The van der Waals surface area contributed by atoms with Crippen LogP contribution >= 0.6 is 0 Å². The number of anilines is 2. The second-order valence-corrected chi connectivity index (χ2v) is 6.64. The number of rotatable bonds is 6. The van der Waals surface area contributed by atoms with Crippen LogP contribution in [0.1, 0.15) is 23.7 Å². The highest BCUT2D eigenvalue weighted by atomic mass is 16.2. The molecule has 1 heterocycles. The zero-order valence-corrected chi connectivity index (χ0v) is 15.5. The number of nitrogens with zero attached hydrogens (tertiary/aromatic N) is 1. The quantitative estimate of drug-likeness (QED) is 0.751. The van der Waals surface area contributed by atoms with Gasteiger partial charge < -0.3 is 15.5 Å². The van der Waals surface area contributed by atoms with Gasteiger partial charge in [-0.2, -0.15) is 0 Å². The van der Waals surface area contributed by atoms with Gasteiger partial charge in [0, 0.05) is 29.9 Å². The Morgan fingerprint density at radius 3 is 2.36 bits per heavy atom. The number of Topliss-reactive ketones (excluding diaryl/α,β-unsaturated/α-hetero) is 1. The van der Waals surface area contributed by atoms with Crippen LogP contribution in [0.15, 0.2) is 54.6 Å². The summed E-state index contributed by atoms with van der Waals surface area (Å²) in [5.41, 5.74) is 1.85. The molecule has 1 atom stereocenters. The fourth-order valence-corrected chi connectivity index (χ4v) is 3.05. The zero-order valence-electron chi connectivity index (χ0n) is 15.5. The third kappa shape index (κ3) is 4.62. The van der Waals surface area contributed by atoms with E-state index in [4.69, 9.17) is 0 Å². The van der Waals surface area contributed by atoms with E-state index in [9.17, 15) is 19.2 Å². The molecule has 2 aromatic rings. The number of amides is 3. The molecule has 1 fully saturated rings. The molecule has 1 saturated heterocycles. The van der Waals surface area contributed by atoms with Crippen molar-refractivity contribution >= 4 is 34.9 Å². The van der Waals surface area contributed by atoms with Crippen molar-refractivity contribution in [2.24, 2.45) is 5.92 Å². The molecule has 1 aliphatic rings. The van der Waals surface area contributed by atoms with E-state index in [-0.39, 0.29) is 36.5 Å². The van der Waals surface area contributed by atoms with Crippen molar-refractivity contribution in [3.05, 3.63) is 60.2 Å². The monoisotopic (exact) mass is 379 g/mol. The van der Waals surface area contributed by atoms with E-state index in [1.807, 2.05) is 30.3 Å². The fraction of sp³-hybridized carbons (Fsp3) is 0.238. The summed E-state index contributed by atoms with van der Waals surface area (Å²) < 4.78 is 0. The van der Waals surface area contributed by atoms with E-state index in [0.29, 0.717) is 17.8 Å². The first-order valence-corrected chi connectivity index (χ1v) is 8.98. The molecule has 1 aliphatic heterocycles. The molecule has 2 N–H and O–H groups in total. The third-order valence-electron chi connectivity index (χ3n) is 4.56. The van der Waals surface area contributed by atoms with Crippen LogP contribution in [-0.2, 0) is 14.4 Å². The van der Waals surface area contributed by atoms with Gasteiger partial charge in [-0.3, -0.25) is 19.2 Å². The van der Waals surface area contributed by atoms with Crippen molar-refractivity contribution in [2.75, 3.05) is 23.3 Å². The van der Waals surface area contributed by atoms with Crippen molar-refractivity contribution in [3.8, 4) is 0 Å².